The van der Waals surface area contributed by atoms with Crippen LogP contribution < -0.4 is 22.1 Å². The van der Waals surface area contributed by atoms with Gasteiger partial charge in [0.05, 0.1) is 34.4 Å². The average Bonchev–Trinajstić information content (AvgIpc) is 2.71. The van der Waals surface area contributed by atoms with E-state index in [1.54, 1.807) is 18.2 Å². The third-order valence-electron chi connectivity index (χ3n) is 4.53. The zero-order valence-corrected chi connectivity index (χ0v) is 18.8. The summed E-state index contributed by atoms with van der Waals surface area (Å²) in [6.07, 6.45) is 1.88. The van der Waals surface area contributed by atoms with E-state index in [2.05, 4.69) is 20.6 Å². The van der Waals surface area contributed by atoms with E-state index in [1.165, 1.54) is 11.8 Å². The summed E-state index contributed by atoms with van der Waals surface area (Å²) in [5.41, 5.74) is 14.6. The van der Waals surface area contributed by atoms with E-state index in [1.807, 2.05) is 45.2 Å². The van der Waals surface area contributed by atoms with Gasteiger partial charge in [0.25, 0.3) is 5.91 Å². The van der Waals surface area contributed by atoms with Crippen LogP contribution in [0.15, 0.2) is 41.6 Å². The lowest BCUT2D eigenvalue weighted by atomic mass is 10.0. The number of nitrogens with zero attached hydrogens (tertiary/aromatic N) is 2. The molecule has 2 amide bonds. The van der Waals surface area contributed by atoms with Crippen LogP contribution in [0.3, 0.4) is 0 Å². The molecule has 0 aliphatic carbocycles. The van der Waals surface area contributed by atoms with Crippen molar-refractivity contribution in [2.45, 2.75) is 31.5 Å². The van der Waals surface area contributed by atoms with Crippen molar-refractivity contribution in [3.05, 3.63) is 42.0 Å². The Hall–Kier alpha value is -3.17. The number of hydrogen-bond acceptors (Lipinski definition) is 7. The lowest BCUT2D eigenvalue weighted by Gasteiger charge is -2.20. The van der Waals surface area contributed by atoms with Crippen LogP contribution in [0.4, 0.5) is 11.4 Å². The maximum Gasteiger partial charge on any atom is 0.250 e. The van der Waals surface area contributed by atoms with Crippen molar-refractivity contribution >= 4 is 45.9 Å². The van der Waals surface area contributed by atoms with Gasteiger partial charge in [-0.2, -0.15) is 0 Å². The lowest BCUT2D eigenvalue weighted by Crippen LogP contribution is -2.41. The third kappa shape index (κ3) is 5.31. The van der Waals surface area contributed by atoms with E-state index >= 15 is 0 Å². The van der Waals surface area contributed by atoms with Crippen molar-refractivity contribution in [1.29, 1.82) is 0 Å². The molecule has 0 radical (unpaired) electrons. The Kier molecular flexibility index (Phi) is 6.47. The third-order valence-corrected chi connectivity index (χ3v) is 5.08. The first-order chi connectivity index (χ1) is 14.6. The van der Waals surface area contributed by atoms with Gasteiger partial charge in [0, 0.05) is 16.8 Å². The van der Waals surface area contributed by atoms with E-state index in [4.69, 9.17) is 11.5 Å². The number of fused-ring (bicyclic) bond motifs is 1. The Balaban J connectivity index is 2.05. The molecule has 2 aromatic carbocycles. The zero-order valence-electron chi connectivity index (χ0n) is 17.9. The van der Waals surface area contributed by atoms with E-state index in [-0.39, 0.29) is 29.2 Å². The van der Waals surface area contributed by atoms with Crippen molar-refractivity contribution in [2.24, 2.45) is 5.73 Å². The maximum atomic E-state index is 12.3. The standard InChI is InChI=1S/C22H26N6O2S/c1-22(2,3)25-11-16(29)26-13-7-5-6-12(10-13)19-17-15(27-21(28-19)31-4)9-8-14(18(17)23)20(24)30/h5-10,25H,11,23H2,1-4H3,(H2,24,30)(H,26,29). The summed E-state index contributed by atoms with van der Waals surface area (Å²) < 4.78 is 0. The lowest BCUT2D eigenvalue weighted by molar-refractivity contribution is -0.115. The SMILES string of the molecule is CSc1nc(-c2cccc(NC(=O)CNC(C)(C)C)c2)c2c(N)c(C(N)=O)ccc2n1. The number of carbonyl (C=O) groups is 2. The number of thioether (sulfide) groups is 1. The number of benzene rings is 2. The van der Waals surface area contributed by atoms with E-state index in [0.717, 1.165) is 5.56 Å². The van der Waals surface area contributed by atoms with Gasteiger partial charge in [-0.25, -0.2) is 9.97 Å². The summed E-state index contributed by atoms with van der Waals surface area (Å²) in [7, 11) is 0. The summed E-state index contributed by atoms with van der Waals surface area (Å²) in [6.45, 7) is 6.18. The van der Waals surface area contributed by atoms with Crippen LogP contribution in [0.2, 0.25) is 0 Å². The van der Waals surface area contributed by atoms with Gasteiger partial charge in [0.1, 0.15) is 0 Å². The number of hydrogen-bond donors (Lipinski definition) is 4. The molecular formula is C22H26N6O2S. The van der Waals surface area contributed by atoms with E-state index < -0.39 is 5.91 Å². The van der Waals surface area contributed by atoms with Gasteiger partial charge in [0.2, 0.25) is 5.91 Å². The number of primary amides is 1. The predicted octanol–water partition coefficient (Wildman–Crippen LogP) is 3.03. The Morgan fingerprint density at radius 3 is 2.52 bits per heavy atom. The minimum atomic E-state index is -0.619. The maximum absolute atomic E-state index is 12.3. The Labute approximate surface area is 185 Å². The molecule has 6 N–H and O–H groups in total. The number of rotatable bonds is 6. The van der Waals surface area contributed by atoms with Crippen LogP contribution in [0, 0.1) is 0 Å². The Morgan fingerprint density at radius 2 is 1.87 bits per heavy atom. The summed E-state index contributed by atoms with van der Waals surface area (Å²) in [6, 6.07) is 10.6. The minimum absolute atomic E-state index is 0.153. The molecule has 0 fully saturated rings. The van der Waals surface area contributed by atoms with Crippen molar-refractivity contribution in [2.75, 3.05) is 23.9 Å². The van der Waals surface area contributed by atoms with Crippen molar-refractivity contribution < 1.29 is 9.59 Å². The topological polar surface area (TPSA) is 136 Å². The second-order valence-electron chi connectivity index (χ2n) is 8.08. The van der Waals surface area contributed by atoms with Gasteiger partial charge in [-0.15, -0.1) is 0 Å². The number of anilines is 2. The van der Waals surface area contributed by atoms with Crippen LogP contribution >= 0.6 is 11.8 Å². The molecule has 0 saturated heterocycles. The van der Waals surface area contributed by atoms with Gasteiger partial charge < -0.3 is 22.1 Å². The molecule has 0 bridgehead atoms. The summed E-state index contributed by atoms with van der Waals surface area (Å²) in [4.78, 5) is 33.2. The minimum Gasteiger partial charge on any atom is -0.397 e. The average molecular weight is 439 g/mol. The molecule has 0 saturated carbocycles. The van der Waals surface area contributed by atoms with Gasteiger partial charge in [-0.1, -0.05) is 23.9 Å². The molecule has 0 aliphatic heterocycles. The highest BCUT2D eigenvalue weighted by Gasteiger charge is 2.18. The second kappa shape index (κ2) is 8.91. The number of nitrogen functional groups attached to an aromatic ring is 1. The molecule has 1 aromatic heterocycles. The molecule has 8 nitrogen and oxygen atoms in total. The molecule has 31 heavy (non-hydrogen) atoms. The van der Waals surface area contributed by atoms with Crippen LogP contribution in [-0.2, 0) is 4.79 Å². The second-order valence-corrected chi connectivity index (χ2v) is 8.85. The smallest absolute Gasteiger partial charge is 0.250 e. The Morgan fingerprint density at radius 1 is 1.13 bits per heavy atom. The predicted molar refractivity (Wildman–Crippen MR) is 126 cm³/mol. The normalized spacial score (nSPS) is 11.5. The van der Waals surface area contributed by atoms with Crippen molar-refractivity contribution in [1.82, 2.24) is 15.3 Å². The number of aromatic nitrogens is 2. The van der Waals surface area contributed by atoms with Crippen LogP contribution in [0.1, 0.15) is 31.1 Å². The number of carbonyl (C=O) groups excluding carboxylic acids is 2. The van der Waals surface area contributed by atoms with Gasteiger partial charge in [-0.3, -0.25) is 9.59 Å². The fourth-order valence-electron chi connectivity index (χ4n) is 3.04. The summed E-state index contributed by atoms with van der Waals surface area (Å²) in [5.74, 6) is -0.772. The Bertz CT molecular complexity index is 1160. The van der Waals surface area contributed by atoms with E-state index in [0.29, 0.717) is 27.4 Å². The fraction of sp³-hybridized carbons (Fsp3) is 0.273. The van der Waals surface area contributed by atoms with Gasteiger partial charge in [-0.05, 0) is 51.3 Å². The van der Waals surface area contributed by atoms with E-state index in [9.17, 15) is 9.59 Å². The number of nitrogens with one attached hydrogen (secondary N) is 2. The quantitative estimate of drug-likeness (QED) is 0.264. The van der Waals surface area contributed by atoms with Gasteiger partial charge in [0.15, 0.2) is 5.16 Å². The first-order valence-corrected chi connectivity index (χ1v) is 10.9. The summed E-state index contributed by atoms with van der Waals surface area (Å²) in [5, 5.41) is 7.16. The monoisotopic (exact) mass is 438 g/mol. The molecule has 0 aliphatic rings. The molecule has 0 atom stereocenters. The molecule has 3 rings (SSSR count). The van der Waals surface area contributed by atoms with Crippen molar-refractivity contribution in [3.63, 3.8) is 0 Å². The summed E-state index contributed by atoms with van der Waals surface area (Å²) >= 11 is 1.40. The largest absolute Gasteiger partial charge is 0.397 e. The fourth-order valence-corrected chi connectivity index (χ4v) is 3.41. The molecule has 1 heterocycles. The molecule has 9 heteroatoms. The first kappa shape index (κ1) is 22.5. The number of amides is 2. The highest BCUT2D eigenvalue weighted by Crippen LogP contribution is 2.34. The molecule has 0 unspecified atom stereocenters. The zero-order chi connectivity index (χ0) is 22.8. The van der Waals surface area contributed by atoms with Crippen LogP contribution in [-0.4, -0.2) is 40.1 Å². The molecule has 162 valence electrons. The molecule has 3 aromatic rings. The number of nitrogens with two attached hydrogens (primary N) is 2. The van der Waals surface area contributed by atoms with Gasteiger partial charge >= 0.3 is 0 Å². The molecular weight excluding hydrogens is 412 g/mol. The highest BCUT2D eigenvalue weighted by molar-refractivity contribution is 7.98. The van der Waals surface area contributed by atoms with Crippen LogP contribution in [0.25, 0.3) is 22.2 Å². The first-order valence-electron chi connectivity index (χ1n) is 9.68. The van der Waals surface area contributed by atoms with Crippen LogP contribution in [0.5, 0.6) is 0 Å². The van der Waals surface area contributed by atoms with Crippen molar-refractivity contribution in [3.8, 4) is 11.3 Å². The highest BCUT2D eigenvalue weighted by atomic mass is 32.2. The molecule has 0 spiro atoms.